The van der Waals surface area contributed by atoms with Crippen LogP contribution in [0, 0.1) is 0 Å². The van der Waals surface area contributed by atoms with E-state index in [2.05, 4.69) is 34.9 Å². The number of aliphatic hydroxyl groups is 1. The van der Waals surface area contributed by atoms with Crippen LogP contribution < -0.4 is 10.9 Å². The van der Waals surface area contributed by atoms with Gasteiger partial charge in [-0.1, -0.05) is 78.1 Å². The zero-order valence-electron chi connectivity index (χ0n) is 18.9. The molecular formula is C22H46N4O2. The molecule has 0 aromatic rings. The summed E-state index contributed by atoms with van der Waals surface area (Å²) in [5, 5.41) is 18.6. The van der Waals surface area contributed by atoms with Crippen LogP contribution in [0.25, 0.3) is 0 Å². The molecule has 0 aliphatic rings. The van der Waals surface area contributed by atoms with Crippen LogP contribution in [0.3, 0.4) is 0 Å². The first-order valence-corrected chi connectivity index (χ1v) is 11.5. The Bertz CT molecular complexity index is 400. The van der Waals surface area contributed by atoms with Gasteiger partial charge in [-0.2, -0.15) is 10.2 Å². The summed E-state index contributed by atoms with van der Waals surface area (Å²) < 4.78 is 0. The molecule has 0 saturated carbocycles. The lowest BCUT2D eigenvalue weighted by Gasteiger charge is -2.24. The molecule has 0 rings (SSSR count). The van der Waals surface area contributed by atoms with Gasteiger partial charge < -0.3 is 5.11 Å². The Morgan fingerprint density at radius 1 is 0.929 bits per heavy atom. The monoisotopic (exact) mass is 398 g/mol. The first-order chi connectivity index (χ1) is 13.4. The predicted molar refractivity (Wildman–Crippen MR) is 117 cm³/mol. The highest BCUT2D eigenvalue weighted by Gasteiger charge is 2.27. The van der Waals surface area contributed by atoms with Gasteiger partial charge in [0.15, 0.2) is 5.72 Å². The first kappa shape index (κ1) is 27.1. The van der Waals surface area contributed by atoms with E-state index < -0.39 is 11.8 Å². The molecule has 0 aromatic carbocycles. The standard InChI is InChI=1S/C22H46N4O2/c1-5-7-9-11-13-15-17-23-25-21(20(3)27)19-22(4,28)26-24-18-16-14-12-10-8-6-2/h21,23,25,28H,5-19H2,1-4H3. The molecular weight excluding hydrogens is 352 g/mol. The Morgan fingerprint density at radius 3 is 2.04 bits per heavy atom. The maximum Gasteiger partial charge on any atom is 0.175 e. The van der Waals surface area contributed by atoms with Crippen molar-refractivity contribution in [3.8, 4) is 0 Å². The van der Waals surface area contributed by atoms with Crippen molar-refractivity contribution in [2.75, 3.05) is 13.1 Å². The summed E-state index contributed by atoms with van der Waals surface area (Å²) in [4.78, 5) is 11.9. The van der Waals surface area contributed by atoms with Crippen LogP contribution >= 0.6 is 0 Å². The van der Waals surface area contributed by atoms with Crippen molar-refractivity contribution in [3.63, 3.8) is 0 Å². The van der Waals surface area contributed by atoms with Crippen LogP contribution in [0.2, 0.25) is 0 Å². The lowest BCUT2D eigenvalue weighted by Crippen LogP contribution is -2.48. The molecule has 6 heteroatoms. The number of Topliss-reactive ketones (excluding diaryl/α,β-unsaturated/α-hetero) is 1. The molecule has 2 unspecified atom stereocenters. The molecule has 0 heterocycles. The van der Waals surface area contributed by atoms with E-state index in [-0.39, 0.29) is 12.2 Å². The van der Waals surface area contributed by atoms with E-state index in [0.717, 1.165) is 25.8 Å². The second kappa shape index (κ2) is 18.2. The molecule has 6 nitrogen and oxygen atoms in total. The van der Waals surface area contributed by atoms with E-state index in [1.165, 1.54) is 64.7 Å². The summed E-state index contributed by atoms with van der Waals surface area (Å²) in [6, 6.07) is -0.469. The molecule has 0 fully saturated rings. The molecule has 0 bridgehead atoms. The maximum absolute atomic E-state index is 11.9. The molecule has 0 aromatic heterocycles. The number of hydrogen-bond acceptors (Lipinski definition) is 6. The normalized spacial score (nSPS) is 15.0. The van der Waals surface area contributed by atoms with Crippen LogP contribution in [0.4, 0.5) is 0 Å². The van der Waals surface area contributed by atoms with Crippen molar-refractivity contribution >= 4 is 5.78 Å². The lowest BCUT2D eigenvalue weighted by molar-refractivity contribution is -0.121. The average molecular weight is 399 g/mol. The number of rotatable bonds is 20. The van der Waals surface area contributed by atoms with Gasteiger partial charge in [0.2, 0.25) is 0 Å². The Kier molecular flexibility index (Phi) is 17.6. The number of ketones is 1. The topological polar surface area (TPSA) is 86.1 Å². The molecule has 0 aliphatic heterocycles. The van der Waals surface area contributed by atoms with Gasteiger partial charge in [-0.25, -0.2) is 5.43 Å². The number of hydrazine groups is 1. The van der Waals surface area contributed by atoms with Crippen molar-refractivity contribution in [1.29, 1.82) is 0 Å². The molecule has 0 amide bonds. The second-order valence-corrected chi connectivity index (χ2v) is 8.16. The number of nitrogens with one attached hydrogen (secondary N) is 2. The highest BCUT2D eigenvalue weighted by atomic mass is 16.3. The van der Waals surface area contributed by atoms with Gasteiger partial charge in [-0.3, -0.25) is 10.2 Å². The van der Waals surface area contributed by atoms with Crippen molar-refractivity contribution in [3.05, 3.63) is 0 Å². The average Bonchev–Trinajstić information content (AvgIpc) is 2.64. The van der Waals surface area contributed by atoms with Gasteiger partial charge in [0.1, 0.15) is 5.78 Å². The van der Waals surface area contributed by atoms with Crippen molar-refractivity contribution in [2.45, 2.75) is 123 Å². The molecule has 28 heavy (non-hydrogen) atoms. The number of unbranched alkanes of at least 4 members (excludes halogenated alkanes) is 10. The Labute approximate surface area is 173 Å². The van der Waals surface area contributed by atoms with Crippen molar-refractivity contribution in [2.24, 2.45) is 10.2 Å². The third-order valence-corrected chi connectivity index (χ3v) is 4.91. The van der Waals surface area contributed by atoms with Crippen LogP contribution in [0.5, 0.6) is 0 Å². The largest absolute Gasteiger partial charge is 0.368 e. The molecule has 0 spiro atoms. The zero-order valence-corrected chi connectivity index (χ0v) is 18.9. The van der Waals surface area contributed by atoms with E-state index >= 15 is 0 Å². The fourth-order valence-corrected chi connectivity index (χ4v) is 3.08. The van der Waals surface area contributed by atoms with E-state index in [1.807, 2.05) is 0 Å². The number of carbonyl (C=O) groups is 1. The number of carbonyl (C=O) groups excluding carboxylic acids is 1. The molecule has 3 N–H and O–H groups in total. The fraction of sp³-hybridized carbons (Fsp3) is 0.955. The number of azo groups is 1. The van der Waals surface area contributed by atoms with E-state index in [9.17, 15) is 9.90 Å². The third kappa shape index (κ3) is 17.3. The summed E-state index contributed by atoms with van der Waals surface area (Å²) in [5.74, 6) is -0.0122. The maximum atomic E-state index is 11.9. The van der Waals surface area contributed by atoms with Gasteiger partial charge in [-0.15, -0.1) is 0 Å². The van der Waals surface area contributed by atoms with E-state index in [0.29, 0.717) is 6.54 Å². The quantitative estimate of drug-likeness (QED) is 0.147. The summed E-state index contributed by atoms with van der Waals surface area (Å²) in [7, 11) is 0. The summed E-state index contributed by atoms with van der Waals surface area (Å²) in [5.41, 5.74) is 4.85. The molecule has 0 saturated heterocycles. The van der Waals surface area contributed by atoms with Gasteiger partial charge in [0.05, 0.1) is 12.6 Å². The molecule has 2 atom stereocenters. The predicted octanol–water partition coefficient (Wildman–Crippen LogP) is 5.31. The summed E-state index contributed by atoms with van der Waals surface area (Å²) >= 11 is 0. The summed E-state index contributed by atoms with van der Waals surface area (Å²) in [6.07, 6.45) is 14.8. The SMILES string of the molecule is CCCCCCCCN=NC(C)(O)CC(NNCCCCCCCC)C(C)=O. The lowest BCUT2D eigenvalue weighted by atomic mass is 10.0. The van der Waals surface area contributed by atoms with Crippen LogP contribution in [-0.4, -0.2) is 35.7 Å². The van der Waals surface area contributed by atoms with Gasteiger partial charge in [0.25, 0.3) is 0 Å². The van der Waals surface area contributed by atoms with Crippen LogP contribution in [0.1, 0.15) is 111 Å². The minimum absolute atomic E-state index is 0.0122. The van der Waals surface area contributed by atoms with Crippen molar-refractivity contribution < 1.29 is 9.90 Å². The van der Waals surface area contributed by atoms with Crippen LogP contribution in [-0.2, 0) is 4.79 Å². The molecule has 0 radical (unpaired) electrons. The van der Waals surface area contributed by atoms with Gasteiger partial charge in [0, 0.05) is 13.0 Å². The molecule has 166 valence electrons. The highest BCUT2D eigenvalue weighted by molar-refractivity contribution is 5.81. The van der Waals surface area contributed by atoms with Gasteiger partial charge in [-0.05, 0) is 26.7 Å². The third-order valence-electron chi connectivity index (χ3n) is 4.91. The highest BCUT2D eigenvalue weighted by Crippen LogP contribution is 2.15. The smallest absolute Gasteiger partial charge is 0.175 e. The second-order valence-electron chi connectivity index (χ2n) is 8.16. The van der Waals surface area contributed by atoms with Crippen molar-refractivity contribution in [1.82, 2.24) is 10.9 Å². The fourth-order valence-electron chi connectivity index (χ4n) is 3.08. The first-order valence-electron chi connectivity index (χ1n) is 11.5. The zero-order chi connectivity index (χ0) is 21.1. The minimum Gasteiger partial charge on any atom is -0.368 e. The Morgan fingerprint density at radius 2 is 1.46 bits per heavy atom. The summed E-state index contributed by atoms with van der Waals surface area (Å²) in [6.45, 7) is 9.03. The van der Waals surface area contributed by atoms with Crippen LogP contribution in [0.15, 0.2) is 10.2 Å². The Hall–Kier alpha value is -0.850. The van der Waals surface area contributed by atoms with E-state index in [1.54, 1.807) is 6.92 Å². The van der Waals surface area contributed by atoms with Gasteiger partial charge >= 0.3 is 0 Å². The number of nitrogens with zero attached hydrogens (tertiary/aromatic N) is 2. The Balaban J connectivity index is 4.00. The van der Waals surface area contributed by atoms with E-state index in [4.69, 9.17) is 0 Å². The number of hydrogen-bond donors (Lipinski definition) is 3. The molecule has 0 aliphatic carbocycles. The minimum atomic E-state index is -1.33.